The smallest absolute Gasteiger partial charge is 0.342 e. The minimum atomic E-state index is -0.0210. The normalized spacial score (nSPS) is 17.4. The highest BCUT2D eigenvalue weighted by atomic mass is 19.1. The minimum Gasteiger partial charge on any atom is -0.342 e. The van der Waals surface area contributed by atoms with Crippen molar-refractivity contribution in [3.8, 4) is 0 Å². The molecule has 0 bridgehead atoms. The number of aryl methyl sites for hydroxylation is 1. The Kier molecular flexibility index (Phi) is 4.78. The first-order chi connectivity index (χ1) is 9.24. The summed E-state index contributed by atoms with van der Waals surface area (Å²) >= 11 is 0. The molecule has 1 atom stereocenters. The number of rotatable bonds is 6. The second-order valence-corrected chi connectivity index (χ2v) is 5.05. The lowest BCUT2D eigenvalue weighted by atomic mass is 9.78. The van der Waals surface area contributed by atoms with Gasteiger partial charge in [-0.2, -0.15) is 0 Å². The van der Waals surface area contributed by atoms with Crippen LogP contribution in [0.5, 0.6) is 0 Å². The molecule has 1 aromatic carbocycles. The Balaban J connectivity index is 2.08. The van der Waals surface area contributed by atoms with Crippen molar-refractivity contribution in [2.75, 3.05) is 0 Å². The zero-order valence-corrected chi connectivity index (χ0v) is 11.2. The van der Waals surface area contributed by atoms with Gasteiger partial charge in [0.15, 0.2) is 0 Å². The largest absolute Gasteiger partial charge is 0.362 e. The fourth-order valence-corrected chi connectivity index (χ4v) is 2.47. The molecule has 0 fully saturated rings. The standard InChI is InChI=1S/C17H19BF/c1-3-4-5-13(2)6-7-14-8-9-15-10-11-17(18-19)16(15)12-14/h3,6-9,12,17H,1-2,4-5,10-11H2/b7-6+. The molecule has 0 saturated carbocycles. The maximum atomic E-state index is 12.8. The molecule has 0 N–H and O–H groups in total. The molecule has 1 unspecified atom stereocenters. The molecule has 2 rings (SSSR count). The molecule has 0 spiro atoms. The van der Waals surface area contributed by atoms with Crippen LogP contribution in [-0.4, -0.2) is 7.56 Å². The Hall–Kier alpha value is -1.57. The number of hydrogen-bond donors (Lipinski definition) is 0. The van der Waals surface area contributed by atoms with Gasteiger partial charge in [0, 0.05) is 0 Å². The van der Waals surface area contributed by atoms with Crippen molar-refractivity contribution in [1.29, 1.82) is 0 Å². The van der Waals surface area contributed by atoms with Crippen LogP contribution in [-0.2, 0) is 6.42 Å². The molecular formula is C17H19BF. The van der Waals surface area contributed by atoms with E-state index in [9.17, 15) is 4.32 Å². The molecule has 1 aliphatic carbocycles. The van der Waals surface area contributed by atoms with Gasteiger partial charge in [-0.1, -0.05) is 48.6 Å². The summed E-state index contributed by atoms with van der Waals surface area (Å²) in [4.78, 5) is 0. The van der Waals surface area contributed by atoms with Crippen molar-refractivity contribution in [3.05, 3.63) is 65.8 Å². The van der Waals surface area contributed by atoms with Crippen molar-refractivity contribution in [2.45, 2.75) is 31.5 Å². The van der Waals surface area contributed by atoms with Crippen LogP contribution in [0.15, 0.2) is 49.1 Å². The minimum absolute atomic E-state index is 0.0210. The average Bonchev–Trinajstić information content (AvgIpc) is 2.85. The van der Waals surface area contributed by atoms with Gasteiger partial charge >= 0.3 is 7.56 Å². The molecule has 0 heterocycles. The van der Waals surface area contributed by atoms with Crippen LogP contribution in [0.1, 0.15) is 41.8 Å². The van der Waals surface area contributed by atoms with E-state index >= 15 is 0 Å². The summed E-state index contributed by atoms with van der Waals surface area (Å²) in [6, 6.07) is 6.31. The molecule has 0 aromatic heterocycles. The maximum absolute atomic E-state index is 12.8. The Morgan fingerprint density at radius 2 is 2.32 bits per heavy atom. The molecule has 0 saturated heterocycles. The lowest BCUT2D eigenvalue weighted by molar-refractivity contribution is 0.775. The van der Waals surface area contributed by atoms with Gasteiger partial charge in [-0.25, -0.2) is 0 Å². The summed E-state index contributed by atoms with van der Waals surface area (Å²) in [6.07, 6.45) is 9.75. The molecule has 2 heteroatoms. The predicted octanol–water partition coefficient (Wildman–Crippen LogP) is 4.80. The number of hydrogen-bond acceptors (Lipinski definition) is 0. The van der Waals surface area contributed by atoms with Gasteiger partial charge in [0.2, 0.25) is 0 Å². The van der Waals surface area contributed by atoms with Gasteiger partial charge in [-0.3, -0.25) is 0 Å². The van der Waals surface area contributed by atoms with E-state index < -0.39 is 0 Å². The molecule has 19 heavy (non-hydrogen) atoms. The van der Waals surface area contributed by atoms with E-state index in [0.717, 1.165) is 49.9 Å². The summed E-state index contributed by atoms with van der Waals surface area (Å²) in [5, 5.41) is 0. The second-order valence-electron chi connectivity index (χ2n) is 5.05. The van der Waals surface area contributed by atoms with E-state index in [0.29, 0.717) is 0 Å². The third kappa shape index (κ3) is 3.47. The Morgan fingerprint density at radius 1 is 1.47 bits per heavy atom. The third-order valence-electron chi connectivity index (χ3n) is 3.63. The summed E-state index contributed by atoms with van der Waals surface area (Å²) in [7, 11) is 0.822. The Bertz CT molecular complexity index is 502. The van der Waals surface area contributed by atoms with Gasteiger partial charge in [-0.15, -0.1) is 6.58 Å². The van der Waals surface area contributed by atoms with E-state index in [-0.39, 0.29) is 5.82 Å². The first-order valence-electron chi connectivity index (χ1n) is 6.77. The highest BCUT2D eigenvalue weighted by Crippen LogP contribution is 2.33. The summed E-state index contributed by atoms with van der Waals surface area (Å²) in [5.74, 6) is -0.0210. The van der Waals surface area contributed by atoms with Crippen LogP contribution >= 0.6 is 0 Å². The fraction of sp³-hybridized carbons (Fsp3) is 0.294. The van der Waals surface area contributed by atoms with Crippen molar-refractivity contribution >= 4 is 13.6 Å². The van der Waals surface area contributed by atoms with E-state index in [1.807, 2.05) is 12.2 Å². The molecule has 1 aliphatic rings. The molecule has 1 aromatic rings. The fourth-order valence-electron chi connectivity index (χ4n) is 2.47. The summed E-state index contributed by atoms with van der Waals surface area (Å²) in [6.45, 7) is 7.71. The number of fused-ring (bicyclic) bond motifs is 1. The van der Waals surface area contributed by atoms with Crippen LogP contribution in [0.25, 0.3) is 6.08 Å². The highest BCUT2D eigenvalue weighted by molar-refractivity contribution is 6.29. The first kappa shape index (κ1) is 13.9. The lowest BCUT2D eigenvalue weighted by Crippen LogP contribution is -1.98. The average molecular weight is 253 g/mol. The number of halogens is 1. The van der Waals surface area contributed by atoms with Crippen molar-refractivity contribution in [3.63, 3.8) is 0 Å². The molecule has 1 radical (unpaired) electrons. The number of benzene rings is 1. The zero-order chi connectivity index (χ0) is 13.7. The highest BCUT2D eigenvalue weighted by Gasteiger charge is 2.23. The Morgan fingerprint density at radius 3 is 3.05 bits per heavy atom. The van der Waals surface area contributed by atoms with Crippen molar-refractivity contribution in [1.82, 2.24) is 0 Å². The monoisotopic (exact) mass is 253 g/mol. The van der Waals surface area contributed by atoms with Crippen LogP contribution in [0.2, 0.25) is 0 Å². The van der Waals surface area contributed by atoms with E-state index in [2.05, 4.69) is 37.4 Å². The zero-order valence-electron chi connectivity index (χ0n) is 11.2. The van der Waals surface area contributed by atoms with Crippen LogP contribution in [0, 0.1) is 0 Å². The van der Waals surface area contributed by atoms with E-state index in [4.69, 9.17) is 0 Å². The Labute approximate surface area is 116 Å². The van der Waals surface area contributed by atoms with Gasteiger partial charge in [0.1, 0.15) is 0 Å². The quantitative estimate of drug-likeness (QED) is 0.388. The first-order valence-corrected chi connectivity index (χ1v) is 6.77. The topological polar surface area (TPSA) is 0 Å². The van der Waals surface area contributed by atoms with Crippen LogP contribution in [0.3, 0.4) is 0 Å². The molecule has 97 valence electrons. The van der Waals surface area contributed by atoms with Crippen molar-refractivity contribution in [2.24, 2.45) is 0 Å². The molecule has 0 amide bonds. The second kappa shape index (κ2) is 6.56. The van der Waals surface area contributed by atoms with Gasteiger partial charge in [0.05, 0.1) is 0 Å². The predicted molar refractivity (Wildman–Crippen MR) is 82.0 cm³/mol. The summed E-state index contributed by atoms with van der Waals surface area (Å²) < 4.78 is 12.8. The van der Waals surface area contributed by atoms with Gasteiger partial charge < -0.3 is 4.32 Å². The lowest BCUT2D eigenvalue weighted by Gasteiger charge is -2.06. The van der Waals surface area contributed by atoms with E-state index in [1.165, 1.54) is 5.56 Å². The third-order valence-corrected chi connectivity index (χ3v) is 3.63. The van der Waals surface area contributed by atoms with E-state index in [1.54, 1.807) is 0 Å². The van der Waals surface area contributed by atoms with Gasteiger partial charge in [0.25, 0.3) is 0 Å². The number of allylic oxidation sites excluding steroid dienone is 3. The van der Waals surface area contributed by atoms with Crippen LogP contribution in [0.4, 0.5) is 4.32 Å². The molecule has 0 nitrogen and oxygen atoms in total. The SMILES string of the molecule is C=CCCC(=C)/C=C/c1ccc2c(c1)C([B]F)CC2. The summed E-state index contributed by atoms with van der Waals surface area (Å²) in [5.41, 5.74) is 4.63. The molecule has 0 aliphatic heterocycles. The van der Waals surface area contributed by atoms with Gasteiger partial charge in [-0.05, 0) is 48.2 Å². The van der Waals surface area contributed by atoms with Crippen LogP contribution < -0.4 is 0 Å². The van der Waals surface area contributed by atoms with Crippen molar-refractivity contribution < 1.29 is 4.32 Å². The maximum Gasteiger partial charge on any atom is 0.362 e. The molecular weight excluding hydrogens is 234 g/mol.